The molecule has 0 radical (unpaired) electrons. The molecule has 0 saturated carbocycles. The smallest absolute Gasteiger partial charge is 0.189 e. The molecule has 64 valence electrons. The Labute approximate surface area is 67.0 Å². The number of hydrogen-bond acceptors (Lipinski definition) is 3. The lowest BCUT2D eigenvalue weighted by molar-refractivity contribution is -0.132. The minimum absolute atomic E-state index is 0.109. The average Bonchev–Trinajstić information content (AvgIpc) is 2.00. The van der Waals surface area contributed by atoms with Crippen molar-refractivity contribution in [2.45, 2.75) is 19.4 Å². The van der Waals surface area contributed by atoms with Gasteiger partial charge in [0.1, 0.15) is 5.60 Å². The van der Waals surface area contributed by atoms with Crippen molar-refractivity contribution < 1.29 is 14.3 Å². The van der Waals surface area contributed by atoms with Gasteiger partial charge < -0.3 is 9.47 Å². The maximum Gasteiger partial charge on any atom is 0.189 e. The molecular formula is C8H14O3. The van der Waals surface area contributed by atoms with E-state index in [0.29, 0.717) is 0 Å². The van der Waals surface area contributed by atoms with E-state index in [1.165, 1.54) is 26.6 Å². The van der Waals surface area contributed by atoms with Crippen LogP contribution in [0.1, 0.15) is 13.8 Å². The number of methoxy groups -OCH3 is 2. The molecule has 0 aliphatic heterocycles. The van der Waals surface area contributed by atoms with Gasteiger partial charge in [-0.3, -0.25) is 4.79 Å². The Balaban J connectivity index is 4.13. The summed E-state index contributed by atoms with van der Waals surface area (Å²) in [4.78, 5) is 11.2. The van der Waals surface area contributed by atoms with Gasteiger partial charge in [-0.2, -0.15) is 0 Å². The van der Waals surface area contributed by atoms with Crippen molar-refractivity contribution in [3.05, 3.63) is 12.3 Å². The van der Waals surface area contributed by atoms with Crippen molar-refractivity contribution in [1.82, 2.24) is 0 Å². The summed E-state index contributed by atoms with van der Waals surface area (Å²) >= 11 is 0. The summed E-state index contributed by atoms with van der Waals surface area (Å²) in [6, 6.07) is 0. The fraction of sp³-hybridized carbons (Fsp3) is 0.625. The van der Waals surface area contributed by atoms with Crippen molar-refractivity contribution in [2.24, 2.45) is 0 Å². The standard InChI is InChI=1S/C8H14O3/c1-8(2,11-4)7(9)5-6-10-3/h5-6H,1-4H3. The molecule has 0 unspecified atom stereocenters. The topological polar surface area (TPSA) is 35.5 Å². The van der Waals surface area contributed by atoms with Gasteiger partial charge in [0.15, 0.2) is 5.78 Å². The summed E-state index contributed by atoms with van der Waals surface area (Å²) < 4.78 is 9.54. The van der Waals surface area contributed by atoms with Gasteiger partial charge in [0, 0.05) is 13.2 Å². The number of carbonyl (C=O) groups excluding carboxylic acids is 1. The Morgan fingerprint density at radius 1 is 1.36 bits per heavy atom. The minimum Gasteiger partial charge on any atom is -0.504 e. The van der Waals surface area contributed by atoms with Gasteiger partial charge in [-0.15, -0.1) is 0 Å². The van der Waals surface area contributed by atoms with Crippen molar-refractivity contribution in [3.63, 3.8) is 0 Å². The van der Waals surface area contributed by atoms with E-state index in [0.717, 1.165) is 0 Å². The first-order valence-electron chi connectivity index (χ1n) is 3.33. The number of rotatable bonds is 4. The highest BCUT2D eigenvalue weighted by molar-refractivity contribution is 5.96. The van der Waals surface area contributed by atoms with Gasteiger partial charge in [0.2, 0.25) is 0 Å². The zero-order chi connectivity index (χ0) is 8.91. The van der Waals surface area contributed by atoms with Crippen molar-refractivity contribution in [3.8, 4) is 0 Å². The highest BCUT2D eigenvalue weighted by Crippen LogP contribution is 2.09. The highest BCUT2D eigenvalue weighted by Gasteiger charge is 2.24. The monoisotopic (exact) mass is 158 g/mol. The second kappa shape index (κ2) is 4.13. The number of carbonyl (C=O) groups is 1. The molecule has 0 atom stereocenters. The maximum atomic E-state index is 11.2. The van der Waals surface area contributed by atoms with Crippen LogP contribution >= 0.6 is 0 Å². The van der Waals surface area contributed by atoms with E-state index in [4.69, 9.17) is 4.74 Å². The van der Waals surface area contributed by atoms with Gasteiger partial charge in [0.05, 0.1) is 13.4 Å². The summed E-state index contributed by atoms with van der Waals surface area (Å²) in [5.41, 5.74) is -0.755. The first kappa shape index (κ1) is 10.2. The van der Waals surface area contributed by atoms with Crippen molar-refractivity contribution in [1.29, 1.82) is 0 Å². The number of hydrogen-bond donors (Lipinski definition) is 0. The van der Waals surface area contributed by atoms with Crippen LogP contribution in [0, 0.1) is 0 Å². The predicted octanol–water partition coefficient (Wildman–Crippen LogP) is 1.14. The van der Waals surface area contributed by atoms with Crippen LogP contribution in [-0.4, -0.2) is 25.6 Å². The van der Waals surface area contributed by atoms with E-state index < -0.39 is 5.60 Å². The summed E-state index contributed by atoms with van der Waals surface area (Å²) in [6.07, 6.45) is 2.69. The van der Waals surface area contributed by atoms with Gasteiger partial charge in [-0.1, -0.05) is 0 Å². The quantitative estimate of drug-likeness (QED) is 0.454. The van der Waals surface area contributed by atoms with Crippen molar-refractivity contribution >= 4 is 5.78 Å². The molecule has 0 aliphatic rings. The van der Waals surface area contributed by atoms with Crippen LogP contribution in [0.2, 0.25) is 0 Å². The first-order chi connectivity index (χ1) is 5.04. The van der Waals surface area contributed by atoms with Gasteiger partial charge in [0.25, 0.3) is 0 Å². The second-order valence-corrected chi connectivity index (χ2v) is 2.62. The Kier molecular flexibility index (Phi) is 3.82. The zero-order valence-corrected chi connectivity index (χ0v) is 7.38. The molecule has 0 rings (SSSR count). The molecule has 0 N–H and O–H groups in total. The molecule has 0 aromatic rings. The van der Waals surface area contributed by atoms with Crippen LogP contribution in [0.5, 0.6) is 0 Å². The molecule has 0 aliphatic carbocycles. The lowest BCUT2D eigenvalue weighted by Gasteiger charge is -2.18. The molecule has 0 amide bonds. The van der Waals surface area contributed by atoms with E-state index in [1.807, 2.05) is 0 Å². The molecular weight excluding hydrogens is 144 g/mol. The number of ether oxygens (including phenoxy) is 2. The summed E-state index contributed by atoms with van der Waals surface area (Å²) in [7, 11) is 2.99. The third-order valence-corrected chi connectivity index (χ3v) is 1.46. The Morgan fingerprint density at radius 3 is 2.27 bits per heavy atom. The first-order valence-corrected chi connectivity index (χ1v) is 3.33. The SMILES string of the molecule is COC=CC(=O)C(C)(C)OC. The molecule has 0 bridgehead atoms. The summed E-state index contributed by atoms with van der Waals surface area (Å²) in [6.45, 7) is 3.41. The molecule has 0 aromatic heterocycles. The molecule has 0 heterocycles. The Morgan fingerprint density at radius 2 is 1.91 bits per heavy atom. The van der Waals surface area contributed by atoms with Crippen LogP contribution in [0.3, 0.4) is 0 Å². The fourth-order valence-electron chi connectivity index (χ4n) is 0.431. The normalized spacial score (nSPS) is 12.0. The molecule has 0 aromatic carbocycles. The predicted molar refractivity (Wildman–Crippen MR) is 42.2 cm³/mol. The second-order valence-electron chi connectivity index (χ2n) is 2.62. The Hall–Kier alpha value is -0.830. The zero-order valence-electron chi connectivity index (χ0n) is 7.38. The van der Waals surface area contributed by atoms with Crippen LogP contribution < -0.4 is 0 Å². The van der Waals surface area contributed by atoms with Gasteiger partial charge >= 0.3 is 0 Å². The van der Waals surface area contributed by atoms with Gasteiger partial charge in [-0.05, 0) is 13.8 Å². The van der Waals surface area contributed by atoms with Crippen LogP contribution in [0.25, 0.3) is 0 Å². The molecule has 0 fully saturated rings. The van der Waals surface area contributed by atoms with E-state index in [2.05, 4.69) is 4.74 Å². The lowest BCUT2D eigenvalue weighted by Crippen LogP contribution is -2.32. The van der Waals surface area contributed by atoms with Crippen LogP contribution in [0.15, 0.2) is 12.3 Å². The van der Waals surface area contributed by atoms with Gasteiger partial charge in [-0.25, -0.2) is 0 Å². The number of ketones is 1. The molecule has 3 heteroatoms. The lowest BCUT2D eigenvalue weighted by atomic mass is 10.0. The van der Waals surface area contributed by atoms with E-state index >= 15 is 0 Å². The van der Waals surface area contributed by atoms with Crippen molar-refractivity contribution in [2.75, 3.05) is 14.2 Å². The third-order valence-electron chi connectivity index (χ3n) is 1.46. The fourth-order valence-corrected chi connectivity index (χ4v) is 0.431. The summed E-state index contributed by atoms with van der Waals surface area (Å²) in [5.74, 6) is -0.109. The minimum atomic E-state index is -0.755. The molecule has 0 spiro atoms. The van der Waals surface area contributed by atoms with E-state index in [-0.39, 0.29) is 5.78 Å². The van der Waals surface area contributed by atoms with Crippen LogP contribution in [-0.2, 0) is 14.3 Å². The largest absolute Gasteiger partial charge is 0.504 e. The average molecular weight is 158 g/mol. The maximum absolute atomic E-state index is 11.2. The van der Waals surface area contributed by atoms with E-state index in [1.54, 1.807) is 13.8 Å². The summed E-state index contributed by atoms with van der Waals surface area (Å²) in [5, 5.41) is 0. The third kappa shape index (κ3) is 3.18. The highest BCUT2D eigenvalue weighted by atomic mass is 16.5. The van der Waals surface area contributed by atoms with Crippen LogP contribution in [0.4, 0.5) is 0 Å². The Bertz CT molecular complexity index is 159. The van der Waals surface area contributed by atoms with E-state index in [9.17, 15) is 4.79 Å². The molecule has 3 nitrogen and oxygen atoms in total. The molecule has 0 saturated heterocycles. The molecule has 11 heavy (non-hydrogen) atoms.